The molecule has 0 aromatic carbocycles. The van der Waals surface area contributed by atoms with Crippen LogP contribution >= 0.6 is 0 Å². The van der Waals surface area contributed by atoms with E-state index in [2.05, 4.69) is 45.9 Å². The fraction of sp³-hybridized carbons (Fsp3) is 0.609. The smallest absolute Gasteiger partial charge is 0.330 e. The molecule has 138 valence electrons. The molecule has 2 aliphatic rings. The van der Waals surface area contributed by atoms with Crippen molar-refractivity contribution >= 4 is 5.97 Å². The molecule has 0 amide bonds. The fourth-order valence-electron chi connectivity index (χ4n) is 4.67. The number of allylic oxidation sites excluding steroid dienone is 7. The lowest BCUT2D eigenvalue weighted by Crippen LogP contribution is -2.32. The number of carbonyl (C=O) groups is 1. The van der Waals surface area contributed by atoms with Crippen LogP contribution in [0.3, 0.4) is 0 Å². The zero-order valence-corrected chi connectivity index (χ0v) is 16.8. The number of rotatable bonds is 6. The number of hydrogen-bond acceptors (Lipinski definition) is 2. The van der Waals surface area contributed by atoms with Crippen molar-refractivity contribution < 1.29 is 9.53 Å². The number of ether oxygens (including phenoxy) is 1. The van der Waals surface area contributed by atoms with E-state index < -0.39 is 0 Å². The summed E-state index contributed by atoms with van der Waals surface area (Å²) in [7, 11) is 0. The Balaban J connectivity index is 2.01. The lowest BCUT2D eigenvalue weighted by atomic mass is 9.63. The van der Waals surface area contributed by atoms with Crippen molar-refractivity contribution in [2.45, 2.75) is 67.2 Å². The van der Waals surface area contributed by atoms with Gasteiger partial charge in [0, 0.05) is 6.08 Å². The second-order valence-electron chi connectivity index (χ2n) is 8.69. The molecule has 0 spiro atoms. The van der Waals surface area contributed by atoms with Gasteiger partial charge >= 0.3 is 5.97 Å². The molecule has 2 atom stereocenters. The van der Waals surface area contributed by atoms with E-state index in [1.54, 1.807) is 0 Å². The third-order valence-electron chi connectivity index (χ3n) is 6.34. The standard InChI is InChI=1S/C23H34O2/c1-7-25-20(24)16-19(3)11-8-10-18(2)12-15-23-17-22(23,6)14-9-13-21(23,4)5/h8,10-12,15-16H,7,9,13-14,17H2,1-6H3/b11-8+,15-12+,18-10+,19-16-. The summed E-state index contributed by atoms with van der Waals surface area (Å²) in [6.07, 6.45) is 17.7. The van der Waals surface area contributed by atoms with Gasteiger partial charge in [0.15, 0.2) is 0 Å². The molecule has 0 aromatic rings. The van der Waals surface area contributed by atoms with Crippen molar-refractivity contribution in [2.24, 2.45) is 16.2 Å². The second kappa shape index (κ2) is 7.35. The van der Waals surface area contributed by atoms with E-state index in [1.165, 1.54) is 37.3 Å². The van der Waals surface area contributed by atoms with Crippen LogP contribution < -0.4 is 0 Å². The number of hydrogen-bond donors (Lipinski definition) is 0. The molecular formula is C23H34O2. The maximum absolute atomic E-state index is 11.4. The zero-order valence-electron chi connectivity index (χ0n) is 16.8. The molecule has 0 heterocycles. The van der Waals surface area contributed by atoms with Gasteiger partial charge in [-0.1, -0.05) is 63.1 Å². The Hall–Kier alpha value is -1.57. The maximum Gasteiger partial charge on any atom is 0.330 e. The van der Waals surface area contributed by atoms with E-state index in [0.717, 1.165) is 5.57 Å². The van der Waals surface area contributed by atoms with Gasteiger partial charge in [0.05, 0.1) is 6.61 Å². The minimum Gasteiger partial charge on any atom is -0.463 e. The van der Waals surface area contributed by atoms with E-state index in [-0.39, 0.29) is 5.97 Å². The highest BCUT2D eigenvalue weighted by Gasteiger charge is 2.69. The van der Waals surface area contributed by atoms with Gasteiger partial charge < -0.3 is 4.74 Å². The summed E-state index contributed by atoms with van der Waals surface area (Å²) in [6, 6.07) is 0. The van der Waals surface area contributed by atoms with Crippen LogP contribution in [0.15, 0.2) is 47.6 Å². The lowest BCUT2D eigenvalue weighted by Gasteiger charge is -2.41. The number of carbonyl (C=O) groups excluding carboxylic acids is 1. The number of esters is 1. The monoisotopic (exact) mass is 342 g/mol. The zero-order chi connectivity index (χ0) is 18.7. The van der Waals surface area contributed by atoms with E-state index >= 15 is 0 Å². The van der Waals surface area contributed by atoms with Gasteiger partial charge in [0.2, 0.25) is 0 Å². The quantitative estimate of drug-likeness (QED) is 0.328. The lowest BCUT2D eigenvalue weighted by molar-refractivity contribution is -0.137. The highest BCUT2D eigenvalue weighted by atomic mass is 16.5. The Morgan fingerprint density at radius 3 is 2.44 bits per heavy atom. The molecule has 2 rings (SSSR count). The molecule has 0 N–H and O–H groups in total. The van der Waals surface area contributed by atoms with Crippen LogP contribution in [0.1, 0.15) is 67.2 Å². The van der Waals surface area contributed by atoms with Gasteiger partial charge in [-0.3, -0.25) is 0 Å². The Morgan fingerprint density at radius 1 is 1.08 bits per heavy atom. The molecule has 2 saturated carbocycles. The first kappa shape index (κ1) is 19.8. The molecule has 0 aromatic heterocycles. The van der Waals surface area contributed by atoms with Crippen LogP contribution in [-0.4, -0.2) is 12.6 Å². The molecule has 2 nitrogen and oxygen atoms in total. The molecule has 0 aliphatic heterocycles. The minimum absolute atomic E-state index is 0.281. The molecule has 2 heteroatoms. The molecular weight excluding hydrogens is 308 g/mol. The summed E-state index contributed by atoms with van der Waals surface area (Å²) in [4.78, 5) is 11.4. The van der Waals surface area contributed by atoms with Crippen LogP contribution in [0.5, 0.6) is 0 Å². The second-order valence-corrected chi connectivity index (χ2v) is 8.69. The Morgan fingerprint density at radius 2 is 1.80 bits per heavy atom. The first-order valence-electron chi connectivity index (χ1n) is 9.55. The largest absolute Gasteiger partial charge is 0.463 e. The van der Waals surface area contributed by atoms with Crippen molar-refractivity contribution in [2.75, 3.05) is 6.61 Å². The molecule has 0 bridgehead atoms. The normalized spacial score (nSPS) is 32.1. The van der Waals surface area contributed by atoms with Gasteiger partial charge in [-0.25, -0.2) is 4.79 Å². The molecule has 2 fully saturated rings. The third-order valence-corrected chi connectivity index (χ3v) is 6.34. The van der Waals surface area contributed by atoms with Gasteiger partial charge in [0.25, 0.3) is 0 Å². The van der Waals surface area contributed by atoms with Crippen LogP contribution in [0, 0.1) is 16.2 Å². The summed E-state index contributed by atoms with van der Waals surface area (Å²) in [6.45, 7) is 13.6. The Bertz CT molecular complexity index is 632. The van der Waals surface area contributed by atoms with Gasteiger partial charge in [-0.2, -0.15) is 0 Å². The highest BCUT2D eigenvalue weighted by Crippen LogP contribution is 2.78. The summed E-state index contributed by atoms with van der Waals surface area (Å²) >= 11 is 0. The molecule has 25 heavy (non-hydrogen) atoms. The highest BCUT2D eigenvalue weighted by molar-refractivity contribution is 5.83. The van der Waals surface area contributed by atoms with Crippen molar-refractivity contribution in [1.82, 2.24) is 0 Å². The van der Waals surface area contributed by atoms with Crippen LogP contribution in [0.2, 0.25) is 0 Å². The summed E-state index contributed by atoms with van der Waals surface area (Å²) in [5.41, 5.74) is 3.40. The Labute approximate surface area is 153 Å². The van der Waals surface area contributed by atoms with Crippen molar-refractivity contribution in [1.29, 1.82) is 0 Å². The predicted octanol–water partition coefficient (Wildman–Crippen LogP) is 6.16. The van der Waals surface area contributed by atoms with Crippen molar-refractivity contribution in [3.05, 3.63) is 47.6 Å². The molecule has 0 saturated heterocycles. The SMILES string of the molecule is CCOC(=O)\C=C(C)/C=C/C=C(C)/C=C/C12CC1(C)CCCC2(C)C. The third kappa shape index (κ3) is 4.16. The topological polar surface area (TPSA) is 26.3 Å². The maximum atomic E-state index is 11.4. The average molecular weight is 343 g/mol. The summed E-state index contributed by atoms with van der Waals surface area (Å²) in [5.74, 6) is -0.281. The summed E-state index contributed by atoms with van der Waals surface area (Å²) in [5, 5.41) is 0. The van der Waals surface area contributed by atoms with Crippen LogP contribution in [0.25, 0.3) is 0 Å². The van der Waals surface area contributed by atoms with E-state index in [4.69, 9.17) is 4.74 Å². The van der Waals surface area contributed by atoms with Crippen LogP contribution in [-0.2, 0) is 9.53 Å². The molecule has 2 unspecified atom stereocenters. The van der Waals surface area contributed by atoms with E-state index in [9.17, 15) is 4.79 Å². The molecule has 0 radical (unpaired) electrons. The average Bonchev–Trinajstić information content (AvgIpc) is 3.13. The van der Waals surface area contributed by atoms with E-state index in [1.807, 2.05) is 26.0 Å². The van der Waals surface area contributed by atoms with E-state index in [0.29, 0.717) is 22.9 Å². The first-order chi connectivity index (χ1) is 11.7. The van der Waals surface area contributed by atoms with Gasteiger partial charge in [0.1, 0.15) is 0 Å². The van der Waals surface area contributed by atoms with Crippen molar-refractivity contribution in [3.63, 3.8) is 0 Å². The van der Waals surface area contributed by atoms with Gasteiger partial charge in [-0.05, 0) is 61.9 Å². The minimum atomic E-state index is -0.281. The summed E-state index contributed by atoms with van der Waals surface area (Å²) < 4.78 is 4.91. The number of fused-ring (bicyclic) bond motifs is 1. The molecule has 2 aliphatic carbocycles. The van der Waals surface area contributed by atoms with Crippen molar-refractivity contribution in [3.8, 4) is 0 Å². The predicted molar refractivity (Wildman–Crippen MR) is 105 cm³/mol. The van der Waals surface area contributed by atoms with Gasteiger partial charge in [-0.15, -0.1) is 0 Å². The first-order valence-corrected chi connectivity index (χ1v) is 9.55. The van der Waals surface area contributed by atoms with Crippen LogP contribution in [0.4, 0.5) is 0 Å². The fourth-order valence-corrected chi connectivity index (χ4v) is 4.67. The Kier molecular flexibility index (Phi) is 5.81.